The largest absolute Gasteiger partial charge is 0.573 e. The van der Waals surface area contributed by atoms with Crippen molar-refractivity contribution < 1.29 is 27.1 Å². The molecule has 0 saturated carbocycles. The van der Waals surface area contributed by atoms with E-state index in [0.717, 1.165) is 11.5 Å². The number of carbonyl (C=O) groups excluding carboxylic acids is 1. The monoisotopic (exact) mass is 417 g/mol. The van der Waals surface area contributed by atoms with Gasteiger partial charge in [0, 0.05) is 17.1 Å². The summed E-state index contributed by atoms with van der Waals surface area (Å²) in [6.07, 6.45) is -4.79. The Morgan fingerprint density at radius 2 is 2.15 bits per heavy atom. The van der Waals surface area contributed by atoms with Crippen molar-refractivity contribution in [2.45, 2.75) is 19.2 Å². The molecule has 0 spiro atoms. The second-order valence-corrected chi connectivity index (χ2v) is 6.28. The Labute approximate surface area is 160 Å². The topological polar surface area (TPSA) is 77.3 Å². The molecule has 27 heavy (non-hydrogen) atoms. The van der Waals surface area contributed by atoms with Gasteiger partial charge in [0.2, 0.25) is 5.13 Å². The van der Waals surface area contributed by atoms with Crippen LogP contribution in [-0.2, 0) is 5.88 Å². The number of carbonyl (C=O) groups is 1. The third kappa shape index (κ3) is 4.77. The molecule has 142 valence electrons. The first-order chi connectivity index (χ1) is 12.7. The highest BCUT2D eigenvalue weighted by Gasteiger charge is 2.31. The van der Waals surface area contributed by atoms with Crippen LogP contribution in [0.2, 0.25) is 0 Å². The van der Waals surface area contributed by atoms with Crippen molar-refractivity contribution in [3.05, 3.63) is 47.7 Å². The van der Waals surface area contributed by atoms with E-state index in [1.54, 1.807) is 13.0 Å². The summed E-state index contributed by atoms with van der Waals surface area (Å²) < 4.78 is 50.4. The maximum atomic E-state index is 12.4. The molecule has 0 unspecified atom stereocenters. The molecule has 2 heterocycles. The first-order valence-corrected chi connectivity index (χ1v) is 8.72. The number of hydrogen-bond acceptors (Lipinski definition) is 6. The third-order valence-electron chi connectivity index (χ3n) is 3.33. The van der Waals surface area contributed by atoms with Crippen LogP contribution in [0.3, 0.4) is 0 Å². The summed E-state index contributed by atoms with van der Waals surface area (Å²) >= 11 is 6.58. The highest BCUT2D eigenvalue weighted by atomic mass is 35.5. The van der Waals surface area contributed by atoms with Gasteiger partial charge in [-0.05, 0) is 30.7 Å². The Morgan fingerprint density at radius 1 is 1.37 bits per heavy atom. The van der Waals surface area contributed by atoms with Crippen molar-refractivity contribution in [3.63, 3.8) is 0 Å². The number of amides is 1. The Hall–Kier alpha value is -2.59. The lowest BCUT2D eigenvalue weighted by molar-refractivity contribution is -0.274. The van der Waals surface area contributed by atoms with Crippen molar-refractivity contribution >= 4 is 34.2 Å². The van der Waals surface area contributed by atoms with Gasteiger partial charge in [0.25, 0.3) is 5.91 Å². The van der Waals surface area contributed by atoms with E-state index >= 15 is 0 Å². The molecular formula is C16H11ClF3N3O3S. The number of hydrogen-bond donors (Lipinski definition) is 1. The Morgan fingerprint density at radius 3 is 2.81 bits per heavy atom. The molecular weight excluding hydrogens is 407 g/mol. The van der Waals surface area contributed by atoms with E-state index in [-0.39, 0.29) is 22.5 Å². The Bertz CT molecular complexity index is 971. The SMILES string of the molecule is Cc1oc(C(=O)Nc2nc(CCl)ns2)cc1-c1cccc(OC(F)(F)F)c1. The van der Waals surface area contributed by atoms with E-state index in [9.17, 15) is 18.0 Å². The predicted molar refractivity (Wildman–Crippen MR) is 93.0 cm³/mol. The summed E-state index contributed by atoms with van der Waals surface area (Å²) in [5, 5.41) is 2.78. The lowest BCUT2D eigenvalue weighted by Gasteiger charge is -2.09. The van der Waals surface area contributed by atoms with E-state index in [0.29, 0.717) is 22.7 Å². The zero-order valence-corrected chi connectivity index (χ0v) is 15.2. The maximum Gasteiger partial charge on any atom is 0.573 e. The van der Waals surface area contributed by atoms with Gasteiger partial charge in [-0.25, -0.2) is 4.98 Å². The van der Waals surface area contributed by atoms with Gasteiger partial charge in [-0.1, -0.05) is 12.1 Å². The molecule has 2 aromatic heterocycles. The fraction of sp³-hybridized carbons (Fsp3) is 0.188. The van der Waals surface area contributed by atoms with Gasteiger partial charge in [-0.2, -0.15) is 4.37 Å². The predicted octanol–water partition coefficient (Wildman–Crippen LogP) is 5.00. The highest BCUT2D eigenvalue weighted by Crippen LogP contribution is 2.31. The van der Waals surface area contributed by atoms with Crippen molar-refractivity contribution in [1.82, 2.24) is 9.36 Å². The van der Waals surface area contributed by atoms with Crippen LogP contribution < -0.4 is 10.1 Å². The average molecular weight is 418 g/mol. The van der Waals surface area contributed by atoms with Crippen LogP contribution in [0.5, 0.6) is 5.75 Å². The van der Waals surface area contributed by atoms with Gasteiger partial charge in [0.15, 0.2) is 11.6 Å². The third-order valence-corrected chi connectivity index (χ3v) is 4.24. The minimum atomic E-state index is -4.79. The number of rotatable bonds is 5. The number of nitrogens with one attached hydrogen (secondary N) is 1. The number of anilines is 1. The first kappa shape index (κ1) is 19.2. The molecule has 1 amide bonds. The molecule has 0 aliphatic carbocycles. The number of halogens is 4. The molecule has 0 saturated heterocycles. The van der Waals surface area contributed by atoms with Gasteiger partial charge in [0.05, 0.1) is 5.88 Å². The van der Waals surface area contributed by atoms with Crippen molar-refractivity contribution in [1.29, 1.82) is 0 Å². The zero-order valence-electron chi connectivity index (χ0n) is 13.6. The number of nitrogens with zero attached hydrogens (tertiary/aromatic N) is 2. The standard InChI is InChI=1S/C16H11ClF3N3O3S/c1-8-11(9-3-2-4-10(5-9)26-16(18,19)20)6-12(25-8)14(24)22-15-21-13(7-17)23-27-15/h2-6H,7H2,1H3,(H,21,22,23,24). The summed E-state index contributed by atoms with van der Waals surface area (Å²) in [5.41, 5.74) is 0.879. The van der Waals surface area contributed by atoms with E-state index in [1.165, 1.54) is 24.3 Å². The first-order valence-electron chi connectivity index (χ1n) is 7.41. The van der Waals surface area contributed by atoms with Crippen molar-refractivity contribution in [2.24, 2.45) is 0 Å². The lowest BCUT2D eigenvalue weighted by Crippen LogP contribution is -2.17. The van der Waals surface area contributed by atoms with E-state index in [1.807, 2.05) is 0 Å². The van der Waals surface area contributed by atoms with Crippen molar-refractivity contribution in [3.8, 4) is 16.9 Å². The molecule has 0 radical (unpaired) electrons. The maximum absolute atomic E-state index is 12.4. The second-order valence-electron chi connectivity index (χ2n) is 5.26. The minimum absolute atomic E-state index is 0.0210. The number of alkyl halides is 4. The number of ether oxygens (including phenoxy) is 1. The van der Waals surface area contributed by atoms with E-state index in [2.05, 4.69) is 19.4 Å². The van der Waals surface area contributed by atoms with Crippen LogP contribution >= 0.6 is 23.1 Å². The quantitative estimate of drug-likeness (QED) is 0.591. The Balaban J connectivity index is 1.81. The van der Waals surface area contributed by atoms with E-state index < -0.39 is 12.3 Å². The number of aryl methyl sites for hydroxylation is 1. The molecule has 3 rings (SSSR count). The van der Waals surface area contributed by atoms with E-state index in [4.69, 9.17) is 16.0 Å². The highest BCUT2D eigenvalue weighted by molar-refractivity contribution is 7.09. The molecule has 0 aliphatic heterocycles. The zero-order chi connectivity index (χ0) is 19.6. The molecule has 0 fully saturated rings. The molecule has 11 heteroatoms. The summed E-state index contributed by atoms with van der Waals surface area (Å²) in [7, 11) is 0. The smallest absolute Gasteiger partial charge is 0.456 e. The number of benzene rings is 1. The summed E-state index contributed by atoms with van der Waals surface area (Å²) in [6, 6.07) is 6.83. The van der Waals surface area contributed by atoms with Crippen LogP contribution in [0, 0.1) is 6.92 Å². The molecule has 3 aromatic rings. The molecule has 0 bridgehead atoms. The lowest BCUT2D eigenvalue weighted by atomic mass is 10.1. The van der Waals surface area contributed by atoms with Crippen LogP contribution in [-0.4, -0.2) is 21.6 Å². The van der Waals surface area contributed by atoms with Crippen molar-refractivity contribution in [2.75, 3.05) is 5.32 Å². The molecule has 6 nitrogen and oxygen atoms in total. The van der Waals surface area contributed by atoms with Gasteiger partial charge >= 0.3 is 6.36 Å². The normalized spacial score (nSPS) is 11.4. The summed E-state index contributed by atoms with van der Waals surface area (Å²) in [6.45, 7) is 1.60. The van der Waals surface area contributed by atoms with Gasteiger partial charge in [0.1, 0.15) is 11.5 Å². The van der Waals surface area contributed by atoms with Crippen LogP contribution in [0.1, 0.15) is 22.1 Å². The average Bonchev–Trinajstić information content (AvgIpc) is 3.20. The molecule has 0 aliphatic rings. The number of furan rings is 1. The Kier molecular flexibility index (Phi) is 5.38. The van der Waals surface area contributed by atoms with Gasteiger partial charge in [-0.15, -0.1) is 24.8 Å². The fourth-order valence-electron chi connectivity index (χ4n) is 2.26. The van der Waals surface area contributed by atoms with Crippen LogP contribution in [0.4, 0.5) is 18.3 Å². The minimum Gasteiger partial charge on any atom is -0.456 e. The second kappa shape index (κ2) is 7.57. The number of aromatic nitrogens is 2. The van der Waals surface area contributed by atoms with Gasteiger partial charge in [-0.3, -0.25) is 10.1 Å². The van der Waals surface area contributed by atoms with Crippen LogP contribution in [0.25, 0.3) is 11.1 Å². The molecule has 1 aromatic carbocycles. The summed E-state index contributed by atoms with van der Waals surface area (Å²) in [4.78, 5) is 16.3. The summed E-state index contributed by atoms with van der Waals surface area (Å²) in [5.74, 6) is -0.0874. The van der Waals surface area contributed by atoms with Crippen LogP contribution in [0.15, 0.2) is 34.7 Å². The van der Waals surface area contributed by atoms with Gasteiger partial charge < -0.3 is 9.15 Å². The molecule has 1 N–H and O–H groups in total. The molecule has 0 atom stereocenters. The fourth-order valence-corrected chi connectivity index (χ4v) is 3.03.